The monoisotopic (exact) mass is 639 g/mol. The largest absolute Gasteiger partial charge is 0.508 e. The van der Waals surface area contributed by atoms with E-state index in [4.69, 9.17) is 5.73 Å². The summed E-state index contributed by atoms with van der Waals surface area (Å²) in [7, 11) is 2.94. The molecule has 0 aliphatic heterocycles. The van der Waals surface area contributed by atoms with Crippen molar-refractivity contribution in [2.24, 2.45) is 17.6 Å². The second-order valence-corrected chi connectivity index (χ2v) is 12.8. The van der Waals surface area contributed by atoms with Gasteiger partial charge in [-0.25, -0.2) is 0 Å². The van der Waals surface area contributed by atoms with Crippen LogP contribution in [0.5, 0.6) is 5.75 Å². The first-order valence-corrected chi connectivity index (χ1v) is 15.3. The third-order valence-electron chi connectivity index (χ3n) is 9.88. The summed E-state index contributed by atoms with van der Waals surface area (Å²) in [5.74, 6) is -9.19. The van der Waals surface area contributed by atoms with E-state index in [0.29, 0.717) is 24.3 Å². The lowest BCUT2D eigenvalue weighted by Gasteiger charge is -2.53. The van der Waals surface area contributed by atoms with E-state index in [-0.39, 0.29) is 11.3 Å². The zero-order valence-corrected chi connectivity index (χ0v) is 26.2. The number of phenols is 1. The van der Waals surface area contributed by atoms with Crippen LogP contribution in [-0.4, -0.2) is 79.7 Å². The molecule has 47 heavy (non-hydrogen) atoms. The maximum atomic E-state index is 14.3. The minimum Gasteiger partial charge on any atom is -0.508 e. The smallest absolute Gasteiger partial charge is 0.255 e. The van der Waals surface area contributed by atoms with E-state index in [2.05, 4.69) is 0 Å². The molecule has 0 bridgehead atoms. The summed E-state index contributed by atoms with van der Waals surface area (Å²) in [6, 6.07) is 21.3. The number of phenolic OH excluding ortho intramolecular Hbond substituents is 1. The minimum absolute atomic E-state index is 0.0513. The fraction of sp³-hybridized carbons (Fsp3) is 0.306. The van der Waals surface area contributed by atoms with Gasteiger partial charge < -0.3 is 36.2 Å². The molecule has 0 aromatic heterocycles. The molecule has 244 valence electrons. The van der Waals surface area contributed by atoms with E-state index >= 15 is 0 Å². The molecule has 11 nitrogen and oxygen atoms in total. The maximum absolute atomic E-state index is 14.3. The van der Waals surface area contributed by atoms with E-state index in [0.717, 1.165) is 11.1 Å². The van der Waals surface area contributed by atoms with Crippen LogP contribution in [0.1, 0.15) is 35.1 Å². The van der Waals surface area contributed by atoms with E-state index in [1.807, 2.05) is 65.6 Å². The number of ketones is 2. The summed E-state index contributed by atoms with van der Waals surface area (Å²) in [5, 5.41) is 58.6. The van der Waals surface area contributed by atoms with Crippen LogP contribution in [0.3, 0.4) is 0 Å². The molecule has 3 aliphatic carbocycles. The predicted octanol–water partition coefficient (Wildman–Crippen LogP) is 2.70. The average molecular weight is 640 g/mol. The number of aromatic hydroxyl groups is 1. The number of rotatable bonds is 7. The number of benzene rings is 3. The third-order valence-corrected chi connectivity index (χ3v) is 9.88. The first-order valence-electron chi connectivity index (χ1n) is 15.3. The minimum atomic E-state index is -2.97. The molecule has 1 saturated carbocycles. The molecular weight excluding hydrogens is 602 g/mol. The van der Waals surface area contributed by atoms with Gasteiger partial charge in [0.1, 0.15) is 22.8 Å². The average Bonchev–Trinajstić information content (AvgIpc) is 3.03. The molecule has 11 heteroatoms. The fourth-order valence-electron chi connectivity index (χ4n) is 7.69. The number of hydrogen-bond acceptors (Lipinski definition) is 10. The maximum Gasteiger partial charge on any atom is 0.255 e. The Morgan fingerprint density at radius 3 is 1.96 bits per heavy atom. The lowest BCUT2D eigenvalue weighted by molar-refractivity contribution is -0.169. The number of Topliss-reactive ketones (excluding diaryl/α,β-unsaturated/α-hetero) is 2. The molecule has 6 atom stereocenters. The van der Waals surface area contributed by atoms with Gasteiger partial charge in [-0.2, -0.15) is 0 Å². The summed E-state index contributed by atoms with van der Waals surface area (Å²) in [6.45, 7) is 2.50. The highest BCUT2D eigenvalue weighted by Gasteiger charge is 2.68. The topological polar surface area (TPSA) is 185 Å². The lowest BCUT2D eigenvalue weighted by Crippen LogP contribution is -2.70. The molecule has 1 fully saturated rings. The van der Waals surface area contributed by atoms with Gasteiger partial charge in [-0.05, 0) is 42.8 Å². The first kappa shape index (κ1) is 32.0. The molecule has 7 N–H and O–H groups in total. The van der Waals surface area contributed by atoms with Crippen LogP contribution in [0, 0.1) is 11.8 Å². The number of carbonyl (C=O) groups is 3. The fourth-order valence-corrected chi connectivity index (χ4v) is 7.69. The molecule has 3 aliphatic rings. The van der Waals surface area contributed by atoms with Crippen LogP contribution in [-0.2, 0) is 27.5 Å². The Bertz CT molecular complexity index is 1800. The number of nitrogens with zero attached hydrogens (tertiary/aromatic N) is 2. The number of aliphatic hydroxyl groups excluding tert-OH is 3. The van der Waals surface area contributed by atoms with Crippen molar-refractivity contribution in [1.29, 1.82) is 0 Å². The Hall–Kier alpha value is -4.97. The van der Waals surface area contributed by atoms with Crippen molar-refractivity contribution < 1.29 is 39.9 Å². The highest BCUT2D eigenvalue weighted by molar-refractivity contribution is 6.24. The number of primary amides is 1. The van der Waals surface area contributed by atoms with Crippen molar-refractivity contribution in [3.8, 4) is 5.75 Å². The van der Waals surface area contributed by atoms with Crippen LogP contribution in [0.4, 0.5) is 5.69 Å². The highest BCUT2D eigenvalue weighted by atomic mass is 16.4. The summed E-state index contributed by atoms with van der Waals surface area (Å²) >= 11 is 0. The molecular formula is C36H37N3O8. The van der Waals surface area contributed by atoms with Crippen molar-refractivity contribution in [2.45, 2.75) is 43.7 Å². The van der Waals surface area contributed by atoms with Crippen LogP contribution in [0.15, 0.2) is 89.7 Å². The third kappa shape index (κ3) is 4.81. The first-order chi connectivity index (χ1) is 22.3. The zero-order valence-electron chi connectivity index (χ0n) is 26.2. The van der Waals surface area contributed by atoms with Crippen molar-refractivity contribution in [1.82, 2.24) is 4.90 Å². The van der Waals surface area contributed by atoms with Gasteiger partial charge in [0.2, 0.25) is 5.78 Å². The normalized spacial score (nSPS) is 27.0. The molecule has 1 amide bonds. The number of amides is 1. The van der Waals surface area contributed by atoms with E-state index in [9.17, 15) is 39.9 Å². The van der Waals surface area contributed by atoms with Gasteiger partial charge in [-0.1, -0.05) is 73.7 Å². The number of anilines is 1. The van der Waals surface area contributed by atoms with Gasteiger partial charge in [0.25, 0.3) is 5.91 Å². The van der Waals surface area contributed by atoms with Gasteiger partial charge in [0.15, 0.2) is 11.4 Å². The molecule has 0 radical (unpaired) electrons. The molecule has 6 rings (SSSR count). The number of nitrogens with two attached hydrogens (primary N) is 1. The second kappa shape index (κ2) is 11.7. The second-order valence-electron chi connectivity index (χ2n) is 12.8. The predicted molar refractivity (Wildman–Crippen MR) is 173 cm³/mol. The Labute approximate surface area is 271 Å². The SMILES string of the molecule is C[C@H]1c2ccc(N(Cc3ccccc3)Cc3ccccc3)c(O)c2C(O)=C2C(=O)[C@]3(O)C(O)=C(C(N)=O)C(=O)[C@@H](N(C)C)[C@@H]3[C@@H](O)[C@@H]21. The quantitative estimate of drug-likeness (QED) is 0.210. The van der Waals surface area contributed by atoms with Crippen LogP contribution >= 0.6 is 0 Å². The molecule has 0 spiro atoms. The van der Waals surface area contributed by atoms with Crippen molar-refractivity contribution >= 4 is 28.9 Å². The van der Waals surface area contributed by atoms with Crippen LogP contribution < -0.4 is 10.6 Å². The number of aliphatic hydroxyl groups is 4. The standard InChI is InChI=1S/C36H37N3O8/c1-18-21-14-15-22(39(16-19-10-6-4-7-11-19)17-20-12-8-5-9-13-20)29(40)24(21)30(41)25-23(18)31(42)27-28(38(2)3)32(43)26(35(37)46)34(45)36(27,47)33(25)44/h4-15,18,23,27-28,31,40-42,45,47H,16-17H2,1-3H3,(H2,37,46)/t18-,23+,27+,28-,31-,36-/m0/s1. The molecule has 3 aromatic rings. The van der Waals surface area contributed by atoms with Crippen molar-refractivity contribution in [3.63, 3.8) is 0 Å². The summed E-state index contributed by atoms with van der Waals surface area (Å²) in [6.07, 6.45) is -1.65. The number of fused-ring (bicyclic) bond motifs is 3. The Morgan fingerprint density at radius 2 is 1.45 bits per heavy atom. The highest BCUT2D eigenvalue weighted by Crippen LogP contribution is 2.57. The summed E-state index contributed by atoms with van der Waals surface area (Å²) in [4.78, 5) is 43.3. The Balaban J connectivity index is 1.53. The number of likely N-dealkylation sites (N-methyl/N-ethyl adjacent to an activating group) is 1. The van der Waals surface area contributed by atoms with Gasteiger partial charge in [-0.15, -0.1) is 0 Å². The number of carbonyl (C=O) groups excluding carboxylic acids is 3. The Morgan fingerprint density at radius 1 is 0.894 bits per heavy atom. The summed E-state index contributed by atoms with van der Waals surface area (Å²) < 4.78 is 0. The van der Waals surface area contributed by atoms with Gasteiger partial charge in [0.05, 0.1) is 29.3 Å². The van der Waals surface area contributed by atoms with E-state index in [1.54, 1.807) is 19.1 Å². The van der Waals surface area contributed by atoms with Gasteiger partial charge in [-0.3, -0.25) is 19.3 Å². The number of hydrogen-bond donors (Lipinski definition) is 6. The zero-order chi connectivity index (χ0) is 33.9. The summed E-state index contributed by atoms with van der Waals surface area (Å²) in [5.41, 5.74) is 3.74. The molecule has 3 aromatic carbocycles. The lowest BCUT2D eigenvalue weighted by atomic mass is 9.54. The molecule has 0 unspecified atom stereocenters. The van der Waals surface area contributed by atoms with Crippen molar-refractivity contribution in [2.75, 3.05) is 19.0 Å². The van der Waals surface area contributed by atoms with Gasteiger partial charge >= 0.3 is 0 Å². The van der Waals surface area contributed by atoms with Crippen molar-refractivity contribution in [3.05, 3.63) is 112 Å². The van der Waals surface area contributed by atoms with Crippen LogP contribution in [0.25, 0.3) is 5.76 Å². The van der Waals surface area contributed by atoms with E-state index in [1.165, 1.54) is 19.0 Å². The van der Waals surface area contributed by atoms with Gasteiger partial charge in [0, 0.05) is 24.6 Å². The van der Waals surface area contributed by atoms with E-state index < -0.39 is 75.6 Å². The van der Waals surface area contributed by atoms with Crippen LogP contribution in [0.2, 0.25) is 0 Å². The molecule has 0 saturated heterocycles. The molecule has 0 heterocycles. The Kier molecular flexibility index (Phi) is 7.95.